The Labute approximate surface area is 137 Å². The van der Waals surface area contributed by atoms with Crippen LogP contribution in [0, 0.1) is 0 Å². The molecule has 0 fully saturated rings. The van der Waals surface area contributed by atoms with Gasteiger partial charge in [0.2, 0.25) is 0 Å². The smallest absolute Gasteiger partial charge is 0.328 e. The van der Waals surface area contributed by atoms with Gasteiger partial charge in [0.05, 0.1) is 4.88 Å². The fraction of sp³-hybridized carbons (Fsp3) is 0.0714. The molecular formula is C14H10Br2O3S. The summed E-state index contributed by atoms with van der Waals surface area (Å²) in [5.74, 6) is -0.345. The summed E-state index contributed by atoms with van der Waals surface area (Å²) < 4.78 is 7.65. The highest BCUT2D eigenvalue weighted by Crippen LogP contribution is 2.28. The molecule has 0 amide bonds. The molecule has 1 heterocycles. The van der Waals surface area contributed by atoms with Crippen LogP contribution in [-0.4, -0.2) is 11.1 Å². The van der Waals surface area contributed by atoms with Gasteiger partial charge in [-0.1, -0.05) is 15.9 Å². The largest absolute Gasteiger partial charge is 0.487 e. The second-order valence-electron chi connectivity index (χ2n) is 3.83. The van der Waals surface area contributed by atoms with Gasteiger partial charge in [-0.2, -0.15) is 0 Å². The number of carboxylic acid groups (broad SMARTS) is 1. The van der Waals surface area contributed by atoms with Crippen LogP contribution in [0.5, 0.6) is 5.75 Å². The maximum atomic E-state index is 10.6. The maximum absolute atomic E-state index is 10.6. The molecule has 1 N–H and O–H groups in total. The molecule has 0 unspecified atom stereocenters. The summed E-state index contributed by atoms with van der Waals surface area (Å²) in [5, 5.41) is 10.7. The molecule has 6 heteroatoms. The number of halogens is 2. The second-order valence-corrected chi connectivity index (χ2v) is 6.60. The van der Waals surface area contributed by atoms with Crippen molar-refractivity contribution in [2.24, 2.45) is 0 Å². The van der Waals surface area contributed by atoms with E-state index in [2.05, 4.69) is 31.9 Å². The number of hydrogen-bond acceptors (Lipinski definition) is 3. The van der Waals surface area contributed by atoms with Gasteiger partial charge in [-0.3, -0.25) is 0 Å². The predicted molar refractivity (Wildman–Crippen MR) is 87.2 cm³/mol. The highest BCUT2D eigenvalue weighted by Gasteiger charge is 2.06. The van der Waals surface area contributed by atoms with Crippen LogP contribution < -0.4 is 4.74 Å². The molecule has 0 saturated heterocycles. The first kappa shape index (κ1) is 15.3. The molecule has 0 atom stereocenters. The fourth-order valence-electron chi connectivity index (χ4n) is 1.51. The molecule has 2 aromatic rings. The minimum Gasteiger partial charge on any atom is -0.487 e. The molecule has 0 aliphatic heterocycles. The monoisotopic (exact) mass is 416 g/mol. The third kappa shape index (κ3) is 4.19. The van der Waals surface area contributed by atoms with Crippen molar-refractivity contribution in [3.63, 3.8) is 0 Å². The van der Waals surface area contributed by atoms with E-state index in [1.54, 1.807) is 11.3 Å². The van der Waals surface area contributed by atoms with Crippen molar-refractivity contribution in [1.29, 1.82) is 0 Å². The Hall–Kier alpha value is -1.11. The van der Waals surface area contributed by atoms with Gasteiger partial charge >= 0.3 is 5.97 Å². The summed E-state index contributed by atoms with van der Waals surface area (Å²) in [5.41, 5.74) is 0.717. The van der Waals surface area contributed by atoms with Crippen LogP contribution in [0.1, 0.15) is 10.4 Å². The molecule has 1 aromatic heterocycles. The molecule has 0 spiro atoms. The average molecular weight is 418 g/mol. The lowest BCUT2D eigenvalue weighted by Gasteiger charge is -2.09. The van der Waals surface area contributed by atoms with Gasteiger partial charge in [0.1, 0.15) is 12.4 Å². The van der Waals surface area contributed by atoms with E-state index in [4.69, 9.17) is 9.84 Å². The Morgan fingerprint density at radius 1 is 1.35 bits per heavy atom. The lowest BCUT2D eigenvalue weighted by atomic mass is 10.2. The summed E-state index contributed by atoms with van der Waals surface area (Å²) in [6.45, 7) is 0.438. The number of thiophene rings is 1. The van der Waals surface area contributed by atoms with Crippen molar-refractivity contribution in [2.45, 2.75) is 6.61 Å². The van der Waals surface area contributed by atoms with Crippen LogP contribution in [0.2, 0.25) is 0 Å². The van der Waals surface area contributed by atoms with Gasteiger partial charge in [-0.05, 0) is 51.7 Å². The van der Waals surface area contributed by atoms with Gasteiger partial charge < -0.3 is 9.84 Å². The van der Waals surface area contributed by atoms with Gasteiger partial charge in [0, 0.05) is 20.6 Å². The van der Waals surface area contributed by atoms with Crippen LogP contribution in [-0.2, 0) is 11.4 Å². The van der Waals surface area contributed by atoms with Crippen LogP contribution in [0.3, 0.4) is 0 Å². The van der Waals surface area contributed by atoms with Crippen LogP contribution in [0.4, 0.5) is 0 Å². The molecule has 1 aromatic carbocycles. The molecule has 0 aliphatic rings. The van der Waals surface area contributed by atoms with E-state index in [9.17, 15) is 4.79 Å². The van der Waals surface area contributed by atoms with Crippen molar-refractivity contribution in [3.8, 4) is 5.75 Å². The number of hydrogen-bond donors (Lipinski definition) is 1. The van der Waals surface area contributed by atoms with Crippen molar-refractivity contribution in [1.82, 2.24) is 0 Å². The summed E-state index contributed by atoms with van der Waals surface area (Å²) in [6, 6.07) is 7.46. The zero-order valence-electron chi connectivity index (χ0n) is 10.2. The number of carboxylic acids is 1. The number of rotatable bonds is 5. The zero-order chi connectivity index (χ0) is 14.5. The molecular weight excluding hydrogens is 408 g/mol. The van der Waals surface area contributed by atoms with E-state index in [0.717, 1.165) is 25.5 Å². The average Bonchev–Trinajstić information content (AvgIpc) is 2.81. The van der Waals surface area contributed by atoms with Crippen LogP contribution >= 0.6 is 43.2 Å². The highest BCUT2D eigenvalue weighted by atomic mass is 79.9. The van der Waals surface area contributed by atoms with Crippen molar-refractivity contribution in [2.75, 3.05) is 0 Å². The Balaban J connectivity index is 2.18. The third-order valence-corrected chi connectivity index (χ3v) is 4.82. The van der Waals surface area contributed by atoms with Crippen molar-refractivity contribution in [3.05, 3.63) is 55.1 Å². The maximum Gasteiger partial charge on any atom is 0.328 e. The van der Waals surface area contributed by atoms with E-state index in [1.165, 1.54) is 6.08 Å². The Bertz CT molecular complexity index is 650. The van der Waals surface area contributed by atoms with E-state index in [0.29, 0.717) is 12.4 Å². The molecule has 20 heavy (non-hydrogen) atoms. The third-order valence-electron chi connectivity index (χ3n) is 2.43. The van der Waals surface area contributed by atoms with E-state index in [-0.39, 0.29) is 0 Å². The Morgan fingerprint density at radius 3 is 2.80 bits per heavy atom. The van der Waals surface area contributed by atoms with Crippen LogP contribution in [0.25, 0.3) is 6.08 Å². The summed E-state index contributed by atoms with van der Waals surface area (Å²) in [6.07, 6.45) is 2.61. The summed E-state index contributed by atoms with van der Waals surface area (Å²) in [4.78, 5) is 11.7. The Kier molecular flexibility index (Phi) is 5.39. The van der Waals surface area contributed by atoms with Crippen LogP contribution in [0.15, 0.2) is 44.7 Å². The second kappa shape index (κ2) is 7.06. The van der Waals surface area contributed by atoms with E-state index in [1.807, 2.05) is 29.6 Å². The predicted octanol–water partition coefficient (Wildman–Crippen LogP) is 4.95. The quantitative estimate of drug-likeness (QED) is 0.700. The van der Waals surface area contributed by atoms with Gasteiger partial charge in [-0.15, -0.1) is 11.3 Å². The summed E-state index contributed by atoms with van der Waals surface area (Å²) >= 11 is 8.42. The normalized spacial score (nSPS) is 10.9. The van der Waals surface area contributed by atoms with Crippen molar-refractivity contribution >= 4 is 55.2 Å². The fourth-order valence-corrected chi connectivity index (χ4v) is 3.27. The molecule has 0 bridgehead atoms. The van der Waals surface area contributed by atoms with E-state index >= 15 is 0 Å². The molecule has 0 radical (unpaired) electrons. The molecule has 3 nitrogen and oxygen atoms in total. The lowest BCUT2D eigenvalue weighted by molar-refractivity contribution is -0.131. The minimum atomic E-state index is -0.989. The zero-order valence-corrected chi connectivity index (χ0v) is 14.2. The number of ether oxygens (including phenoxy) is 1. The van der Waals surface area contributed by atoms with E-state index < -0.39 is 5.97 Å². The van der Waals surface area contributed by atoms with Crippen molar-refractivity contribution < 1.29 is 14.6 Å². The van der Waals surface area contributed by atoms with Gasteiger partial charge in [0.15, 0.2) is 0 Å². The summed E-state index contributed by atoms with van der Waals surface area (Å²) in [7, 11) is 0. The molecule has 0 aliphatic carbocycles. The Morgan fingerprint density at radius 2 is 2.15 bits per heavy atom. The van der Waals surface area contributed by atoms with Gasteiger partial charge in [-0.25, -0.2) is 4.79 Å². The number of carbonyl (C=O) groups is 1. The standard InChI is InChI=1S/C14H10Br2O3S/c15-10-2-3-12(9(7-10)1-4-14(17)18)19-8-13-11(16)5-6-20-13/h1-7H,8H2,(H,17,18). The van der Waals surface area contributed by atoms with Gasteiger partial charge in [0.25, 0.3) is 0 Å². The lowest BCUT2D eigenvalue weighted by Crippen LogP contribution is -1.96. The molecule has 104 valence electrons. The topological polar surface area (TPSA) is 46.5 Å². The number of benzene rings is 1. The SMILES string of the molecule is O=C(O)C=Cc1cc(Br)ccc1OCc1sccc1Br. The molecule has 0 saturated carbocycles. The minimum absolute atomic E-state index is 0.438. The first-order valence-corrected chi connectivity index (χ1v) is 8.08. The first-order chi connectivity index (χ1) is 9.56. The number of aliphatic carboxylic acids is 1. The highest BCUT2D eigenvalue weighted by molar-refractivity contribution is 9.10. The first-order valence-electron chi connectivity index (χ1n) is 5.61. The molecule has 2 rings (SSSR count).